The molecule has 0 spiro atoms. The highest BCUT2D eigenvalue weighted by atomic mass is 16.5. The van der Waals surface area contributed by atoms with Crippen LogP contribution in [0.2, 0.25) is 0 Å². The van der Waals surface area contributed by atoms with Gasteiger partial charge in [0.05, 0.1) is 19.1 Å². The highest BCUT2D eigenvalue weighted by molar-refractivity contribution is 5.87. The number of hydrogen-bond acceptors (Lipinski definition) is 3. The van der Waals surface area contributed by atoms with Crippen LogP contribution in [0, 0.1) is 0 Å². The largest absolute Gasteiger partial charge is 0.373 e. The second-order valence-corrected chi connectivity index (χ2v) is 6.44. The monoisotopic (exact) mass is 328 g/mol. The molecule has 2 aliphatic rings. The summed E-state index contributed by atoms with van der Waals surface area (Å²) in [7, 11) is 0. The molecule has 5 nitrogen and oxygen atoms in total. The van der Waals surface area contributed by atoms with E-state index >= 15 is 0 Å². The van der Waals surface area contributed by atoms with E-state index in [0.717, 1.165) is 12.0 Å². The molecule has 1 aromatic rings. The number of carbonyl (C=O) groups excluding carboxylic acids is 2. The minimum atomic E-state index is -0.164. The van der Waals surface area contributed by atoms with Crippen molar-refractivity contribution in [2.45, 2.75) is 31.9 Å². The Morgan fingerprint density at radius 2 is 2.12 bits per heavy atom. The lowest BCUT2D eigenvalue weighted by Crippen LogP contribution is -2.55. The Hall–Kier alpha value is -2.14. The molecule has 5 heteroatoms. The van der Waals surface area contributed by atoms with E-state index in [0.29, 0.717) is 32.7 Å². The minimum absolute atomic E-state index is 0.00832. The molecule has 0 saturated carbocycles. The first-order valence-electron chi connectivity index (χ1n) is 8.50. The van der Waals surface area contributed by atoms with Crippen molar-refractivity contribution in [1.29, 1.82) is 0 Å². The molecular formula is C19H24N2O3. The highest BCUT2D eigenvalue weighted by Gasteiger charge is 2.31. The maximum absolute atomic E-state index is 12.8. The summed E-state index contributed by atoms with van der Waals surface area (Å²) in [4.78, 5) is 28.1. The Balaban J connectivity index is 1.64. The van der Waals surface area contributed by atoms with Gasteiger partial charge in [-0.25, -0.2) is 0 Å². The van der Waals surface area contributed by atoms with E-state index in [1.165, 1.54) is 11.6 Å². The first-order valence-corrected chi connectivity index (χ1v) is 8.50. The summed E-state index contributed by atoms with van der Waals surface area (Å²) in [6, 6.07) is 8.19. The molecule has 0 bridgehead atoms. The lowest BCUT2D eigenvalue weighted by Gasteiger charge is -2.40. The third kappa shape index (κ3) is 3.36. The number of nitrogens with zero attached hydrogens (tertiary/aromatic N) is 2. The fraction of sp³-hybridized carbons (Fsp3) is 0.474. The third-order valence-corrected chi connectivity index (χ3v) is 4.89. The Morgan fingerprint density at radius 1 is 1.33 bits per heavy atom. The van der Waals surface area contributed by atoms with Crippen LogP contribution in [0.5, 0.6) is 0 Å². The third-order valence-electron chi connectivity index (χ3n) is 4.89. The first-order chi connectivity index (χ1) is 11.6. The van der Waals surface area contributed by atoms with Crippen molar-refractivity contribution in [1.82, 2.24) is 9.80 Å². The molecule has 2 amide bonds. The number of benzene rings is 1. The molecule has 2 aliphatic heterocycles. The molecule has 3 rings (SSSR count). The average Bonchev–Trinajstić information content (AvgIpc) is 2.61. The number of piperazine rings is 1. The minimum Gasteiger partial charge on any atom is -0.373 e. The quantitative estimate of drug-likeness (QED) is 0.797. The topological polar surface area (TPSA) is 49.9 Å². The molecule has 1 saturated heterocycles. The van der Waals surface area contributed by atoms with Gasteiger partial charge in [0.1, 0.15) is 0 Å². The SMILES string of the molecule is C=CC(=O)N1CCN(C(=O)CC2OCCc3ccccc32)[C@@H](C)C1. The summed E-state index contributed by atoms with van der Waals surface area (Å²) in [6.07, 6.45) is 2.43. The molecule has 0 aliphatic carbocycles. The van der Waals surface area contributed by atoms with E-state index in [1.54, 1.807) is 4.90 Å². The zero-order chi connectivity index (χ0) is 17.1. The number of hydrogen-bond donors (Lipinski definition) is 0. The molecule has 0 aromatic heterocycles. The predicted octanol–water partition coefficient (Wildman–Crippen LogP) is 1.94. The fourth-order valence-corrected chi connectivity index (χ4v) is 3.58. The summed E-state index contributed by atoms with van der Waals surface area (Å²) < 4.78 is 5.85. The van der Waals surface area contributed by atoms with E-state index in [1.807, 2.05) is 24.0 Å². The van der Waals surface area contributed by atoms with Gasteiger partial charge in [-0.1, -0.05) is 30.8 Å². The van der Waals surface area contributed by atoms with Crippen LogP contribution >= 0.6 is 0 Å². The van der Waals surface area contributed by atoms with Crippen molar-refractivity contribution >= 4 is 11.8 Å². The van der Waals surface area contributed by atoms with Crippen LogP contribution in [0.15, 0.2) is 36.9 Å². The summed E-state index contributed by atoms with van der Waals surface area (Å²) in [6.45, 7) is 7.84. The van der Waals surface area contributed by atoms with Gasteiger partial charge in [-0.2, -0.15) is 0 Å². The van der Waals surface area contributed by atoms with Crippen molar-refractivity contribution in [3.63, 3.8) is 0 Å². The van der Waals surface area contributed by atoms with Crippen molar-refractivity contribution in [2.75, 3.05) is 26.2 Å². The van der Waals surface area contributed by atoms with Gasteiger partial charge >= 0.3 is 0 Å². The summed E-state index contributed by atoms with van der Waals surface area (Å²) in [5, 5.41) is 0. The van der Waals surface area contributed by atoms with Gasteiger partial charge in [-0.05, 0) is 30.5 Å². The van der Waals surface area contributed by atoms with Crippen molar-refractivity contribution < 1.29 is 14.3 Å². The number of ether oxygens (including phenoxy) is 1. The molecule has 24 heavy (non-hydrogen) atoms. The lowest BCUT2D eigenvalue weighted by molar-refractivity contribution is -0.142. The number of carbonyl (C=O) groups is 2. The second kappa shape index (κ2) is 7.18. The van der Waals surface area contributed by atoms with Crippen LogP contribution in [0.1, 0.15) is 30.6 Å². The van der Waals surface area contributed by atoms with Crippen LogP contribution in [0.25, 0.3) is 0 Å². The zero-order valence-electron chi connectivity index (χ0n) is 14.1. The molecule has 0 N–H and O–H groups in total. The van der Waals surface area contributed by atoms with Crippen LogP contribution in [0.4, 0.5) is 0 Å². The van der Waals surface area contributed by atoms with Gasteiger partial charge in [0.2, 0.25) is 11.8 Å². The van der Waals surface area contributed by atoms with E-state index in [2.05, 4.69) is 18.7 Å². The van der Waals surface area contributed by atoms with E-state index in [-0.39, 0.29) is 24.0 Å². The molecule has 0 radical (unpaired) electrons. The van der Waals surface area contributed by atoms with Gasteiger partial charge in [-0.15, -0.1) is 0 Å². The van der Waals surface area contributed by atoms with Crippen molar-refractivity contribution in [2.24, 2.45) is 0 Å². The molecule has 1 aromatic carbocycles. The van der Waals surface area contributed by atoms with E-state index in [4.69, 9.17) is 4.74 Å². The standard InChI is InChI=1S/C19H24N2O3/c1-3-18(22)20-9-10-21(14(2)13-20)19(23)12-17-16-7-5-4-6-15(16)8-11-24-17/h3-7,14,17H,1,8-13H2,2H3/t14-,17?/m0/s1. The van der Waals surface area contributed by atoms with Gasteiger partial charge in [0, 0.05) is 25.7 Å². The average molecular weight is 328 g/mol. The maximum atomic E-state index is 12.8. The van der Waals surface area contributed by atoms with Gasteiger partial charge < -0.3 is 14.5 Å². The predicted molar refractivity (Wildman–Crippen MR) is 91.4 cm³/mol. The summed E-state index contributed by atoms with van der Waals surface area (Å²) in [5.41, 5.74) is 2.40. The molecule has 1 unspecified atom stereocenters. The zero-order valence-corrected chi connectivity index (χ0v) is 14.1. The number of fused-ring (bicyclic) bond motifs is 1. The molecule has 2 heterocycles. The number of amides is 2. The first kappa shape index (κ1) is 16.7. The van der Waals surface area contributed by atoms with Crippen LogP contribution < -0.4 is 0 Å². The van der Waals surface area contributed by atoms with Crippen molar-refractivity contribution in [3.05, 3.63) is 48.0 Å². The van der Waals surface area contributed by atoms with Crippen LogP contribution in [0.3, 0.4) is 0 Å². The van der Waals surface area contributed by atoms with Gasteiger partial charge in [0.25, 0.3) is 0 Å². The molecule has 128 valence electrons. The second-order valence-electron chi connectivity index (χ2n) is 6.44. The smallest absolute Gasteiger partial charge is 0.246 e. The van der Waals surface area contributed by atoms with E-state index < -0.39 is 0 Å². The molecular weight excluding hydrogens is 304 g/mol. The van der Waals surface area contributed by atoms with E-state index in [9.17, 15) is 9.59 Å². The van der Waals surface area contributed by atoms with Gasteiger partial charge in [0.15, 0.2) is 0 Å². The summed E-state index contributed by atoms with van der Waals surface area (Å²) in [5.74, 6) is 0.0217. The summed E-state index contributed by atoms with van der Waals surface area (Å²) >= 11 is 0. The Bertz CT molecular complexity index is 643. The maximum Gasteiger partial charge on any atom is 0.246 e. The Labute approximate surface area is 142 Å². The van der Waals surface area contributed by atoms with Crippen molar-refractivity contribution in [3.8, 4) is 0 Å². The highest BCUT2D eigenvalue weighted by Crippen LogP contribution is 2.30. The normalized spacial score (nSPS) is 23.5. The van der Waals surface area contributed by atoms with Gasteiger partial charge in [-0.3, -0.25) is 9.59 Å². The molecule has 2 atom stereocenters. The van der Waals surface area contributed by atoms with Crippen LogP contribution in [-0.4, -0.2) is 53.9 Å². The van der Waals surface area contributed by atoms with Crippen LogP contribution in [-0.2, 0) is 20.7 Å². The fourth-order valence-electron chi connectivity index (χ4n) is 3.58. The lowest BCUT2D eigenvalue weighted by atomic mass is 9.95. The molecule has 1 fully saturated rings. The number of rotatable bonds is 3. The Kier molecular flexibility index (Phi) is 5.00. The Morgan fingerprint density at radius 3 is 2.88 bits per heavy atom.